The lowest BCUT2D eigenvalue weighted by Crippen LogP contribution is -3.10. The third-order valence-corrected chi connectivity index (χ3v) is 9.68. The van der Waals surface area contributed by atoms with Crippen molar-refractivity contribution in [1.82, 2.24) is 0 Å². The molecular weight excluding hydrogens is 609 g/mol. The van der Waals surface area contributed by atoms with E-state index in [0.717, 1.165) is 30.3 Å². The van der Waals surface area contributed by atoms with Crippen LogP contribution in [0, 0.1) is 74.2 Å². The van der Waals surface area contributed by atoms with Crippen molar-refractivity contribution in [2.45, 2.75) is 65.8 Å². The first kappa shape index (κ1) is 35.2. The highest BCUT2D eigenvalue weighted by Gasteiger charge is 2.39. The molecule has 0 heterocycles. The van der Waals surface area contributed by atoms with Crippen LogP contribution in [0.4, 0.5) is 35.1 Å². The van der Waals surface area contributed by atoms with Crippen molar-refractivity contribution in [3.8, 4) is 0 Å². The smallest absolute Gasteiger partial charge is 0.125 e. The number of quaternary nitrogens is 1. The first-order valence-electron chi connectivity index (χ1n) is 15.4. The van der Waals surface area contributed by atoms with Crippen LogP contribution >= 0.6 is 0 Å². The predicted molar refractivity (Wildman–Crippen MR) is 168 cm³/mol. The highest BCUT2D eigenvalue weighted by molar-refractivity contribution is 7.20. The van der Waals surface area contributed by atoms with E-state index in [1.165, 1.54) is 59.8 Å². The normalized spacial score (nSPS) is 14.0. The molecule has 0 spiro atoms. The molecule has 1 fully saturated rings. The largest absolute Gasteiger partial charge is 0.337 e. The summed E-state index contributed by atoms with van der Waals surface area (Å²) in [4.78, 5) is 1.65. The van der Waals surface area contributed by atoms with Gasteiger partial charge in [-0.05, 0) is 75.6 Å². The Labute approximate surface area is 265 Å². The number of hydrogen-bond acceptors (Lipinski definition) is 0. The first-order valence-corrected chi connectivity index (χ1v) is 15.4. The molecule has 4 aromatic carbocycles. The van der Waals surface area contributed by atoms with Crippen molar-refractivity contribution in [1.29, 1.82) is 0 Å². The minimum Gasteiger partial charge on any atom is -0.337 e. The third-order valence-electron chi connectivity index (χ3n) is 9.68. The summed E-state index contributed by atoms with van der Waals surface area (Å²) in [6.45, 7) is 4.95. The summed E-state index contributed by atoms with van der Waals surface area (Å²) in [5.74, 6) is -8.71. The van der Waals surface area contributed by atoms with Crippen LogP contribution in [0.3, 0.4) is 0 Å². The van der Waals surface area contributed by atoms with E-state index in [4.69, 9.17) is 0 Å². The Morgan fingerprint density at radius 2 is 0.717 bits per heavy atom. The van der Waals surface area contributed by atoms with E-state index in [1.807, 2.05) is 0 Å². The van der Waals surface area contributed by atoms with E-state index < -0.39 is 52.7 Å². The van der Waals surface area contributed by atoms with Crippen molar-refractivity contribution < 1.29 is 40.0 Å². The SMILES string of the molecule is C[NH+](C)C1CCCCC1.Cc1c(F)cc(F)cc1[B-](c1cc(F)cc(F)c1C)(c1cc(F)cc(F)c1C)c1cc(F)cc(F)c1C. The van der Waals surface area contributed by atoms with Gasteiger partial charge in [0.25, 0.3) is 0 Å². The van der Waals surface area contributed by atoms with Gasteiger partial charge in [-0.3, -0.25) is 0 Å². The van der Waals surface area contributed by atoms with Gasteiger partial charge in [-0.15, -0.1) is 0 Å². The van der Waals surface area contributed by atoms with Crippen molar-refractivity contribution >= 4 is 28.0 Å². The molecule has 0 aromatic heterocycles. The molecule has 4 aromatic rings. The molecule has 0 atom stereocenters. The van der Waals surface area contributed by atoms with E-state index in [0.29, 0.717) is 24.3 Å². The van der Waals surface area contributed by atoms with E-state index in [1.54, 1.807) is 4.90 Å². The molecule has 1 saturated carbocycles. The van der Waals surface area contributed by atoms with Crippen LogP contribution in [0.2, 0.25) is 0 Å². The maximum absolute atomic E-state index is 15.0. The number of hydrogen-bond donors (Lipinski definition) is 1. The monoisotopic (exact) mass is 647 g/mol. The zero-order chi connectivity index (χ0) is 34.1. The van der Waals surface area contributed by atoms with Crippen molar-refractivity contribution in [2.24, 2.45) is 0 Å². The Balaban J connectivity index is 0.000000459. The molecule has 46 heavy (non-hydrogen) atoms. The summed E-state index contributed by atoms with van der Waals surface area (Å²) < 4.78 is 119. The first-order chi connectivity index (χ1) is 21.6. The highest BCUT2D eigenvalue weighted by atomic mass is 19.2. The molecule has 0 saturated heterocycles. The van der Waals surface area contributed by atoms with Crippen molar-refractivity contribution in [3.05, 3.63) is 117 Å². The lowest BCUT2D eigenvalue weighted by molar-refractivity contribution is -0.887. The fraction of sp³-hybridized carbons (Fsp3) is 0.333. The molecular formula is C36H38BF8N. The maximum atomic E-state index is 15.0. The van der Waals surface area contributed by atoms with E-state index in [2.05, 4.69) is 14.1 Å². The molecule has 1 N–H and O–H groups in total. The lowest BCUT2D eigenvalue weighted by Gasteiger charge is -2.48. The van der Waals surface area contributed by atoms with E-state index in [-0.39, 0.29) is 44.1 Å². The summed E-state index contributed by atoms with van der Waals surface area (Å²) in [6.07, 6.45) is 3.94. The quantitative estimate of drug-likeness (QED) is 0.204. The Hall–Kier alpha value is -3.66. The summed E-state index contributed by atoms with van der Waals surface area (Å²) in [5, 5.41) is 0. The summed E-state index contributed by atoms with van der Waals surface area (Å²) >= 11 is 0. The van der Waals surface area contributed by atoms with Gasteiger partial charge in [0.2, 0.25) is 0 Å². The molecule has 5 rings (SSSR count). The molecule has 0 unspecified atom stereocenters. The summed E-state index contributed by atoms with van der Waals surface area (Å²) in [5.41, 5.74) is -2.09. The van der Waals surface area contributed by atoms with Gasteiger partial charge < -0.3 is 4.90 Å². The van der Waals surface area contributed by atoms with Gasteiger partial charge in [-0.25, -0.2) is 35.1 Å². The average Bonchev–Trinajstić information content (AvgIpc) is 2.99. The Kier molecular flexibility index (Phi) is 10.7. The number of rotatable bonds is 5. The van der Waals surface area contributed by atoms with Gasteiger partial charge in [-0.2, -0.15) is 21.9 Å². The molecule has 1 aliphatic carbocycles. The van der Waals surface area contributed by atoms with Gasteiger partial charge in [0.05, 0.1) is 20.1 Å². The van der Waals surface area contributed by atoms with Crippen LogP contribution in [-0.2, 0) is 0 Å². The van der Waals surface area contributed by atoms with Crippen LogP contribution in [0.25, 0.3) is 0 Å². The van der Waals surface area contributed by atoms with Gasteiger partial charge in [-0.1, -0.05) is 30.7 Å². The Morgan fingerprint density at radius 3 is 0.935 bits per heavy atom. The van der Waals surface area contributed by atoms with Crippen LogP contribution in [0.5, 0.6) is 0 Å². The second-order valence-electron chi connectivity index (χ2n) is 12.7. The van der Waals surface area contributed by atoms with Gasteiger partial charge >= 0.3 is 0 Å². The molecule has 246 valence electrons. The van der Waals surface area contributed by atoms with Crippen LogP contribution in [0.1, 0.15) is 54.4 Å². The van der Waals surface area contributed by atoms with E-state index >= 15 is 17.6 Å². The van der Waals surface area contributed by atoms with E-state index in [9.17, 15) is 17.6 Å². The topological polar surface area (TPSA) is 4.44 Å². The Morgan fingerprint density at radius 1 is 0.457 bits per heavy atom. The molecule has 0 aliphatic heterocycles. The second kappa shape index (κ2) is 14.0. The van der Waals surface area contributed by atoms with Crippen LogP contribution in [0.15, 0.2) is 48.5 Å². The van der Waals surface area contributed by atoms with Gasteiger partial charge in [0, 0.05) is 24.3 Å². The summed E-state index contributed by atoms with van der Waals surface area (Å²) in [7, 11) is 4.55. The highest BCUT2D eigenvalue weighted by Crippen LogP contribution is 2.23. The van der Waals surface area contributed by atoms with Crippen molar-refractivity contribution in [2.75, 3.05) is 14.1 Å². The number of benzene rings is 4. The maximum Gasteiger partial charge on any atom is 0.125 e. The van der Waals surface area contributed by atoms with Crippen LogP contribution < -0.4 is 26.8 Å². The number of nitrogens with one attached hydrogen (secondary N) is 1. The second-order valence-corrected chi connectivity index (χ2v) is 12.7. The third kappa shape index (κ3) is 6.73. The predicted octanol–water partition coefficient (Wildman–Crippen LogP) is 5.87. The minimum absolute atomic E-state index is 0.237. The van der Waals surface area contributed by atoms with Crippen molar-refractivity contribution in [3.63, 3.8) is 0 Å². The van der Waals surface area contributed by atoms with Gasteiger partial charge in [0.15, 0.2) is 0 Å². The minimum atomic E-state index is -3.39. The molecule has 1 nitrogen and oxygen atoms in total. The van der Waals surface area contributed by atoms with Gasteiger partial charge in [0.1, 0.15) is 52.7 Å². The standard InChI is InChI=1S/C28H20BF8.C8H17N/c1-13-21(5-17(30)9-25(13)34)29(22-6-18(31)10-26(35)14(22)2,23-7-19(32)11-27(36)15(23)3)24-8-20(33)12-28(37)16(24)4;1-9(2)8-6-4-3-5-7-8/h5-12H,1-4H3;8H,3-7H2,1-2H3/q-1;/p+1. The Bertz CT molecular complexity index is 1510. The molecule has 0 radical (unpaired) electrons. The lowest BCUT2D eigenvalue weighted by atomic mass is 9.11. The molecule has 0 amide bonds. The molecule has 10 heteroatoms. The fourth-order valence-electron chi connectivity index (χ4n) is 7.15. The molecule has 0 bridgehead atoms. The zero-order valence-corrected chi connectivity index (χ0v) is 26.8. The summed E-state index contributed by atoms with van der Waals surface area (Å²) in [6, 6.07) is 6.65. The fourth-order valence-corrected chi connectivity index (χ4v) is 7.15. The number of halogens is 8. The zero-order valence-electron chi connectivity index (χ0n) is 26.8. The molecule has 1 aliphatic rings. The van der Waals surface area contributed by atoms with Crippen LogP contribution in [-0.4, -0.2) is 26.3 Å². The average molecular weight is 648 g/mol.